The van der Waals surface area contributed by atoms with Crippen LogP contribution >= 0.6 is 0 Å². The summed E-state index contributed by atoms with van der Waals surface area (Å²) in [5.41, 5.74) is 2.34. The third-order valence-corrected chi connectivity index (χ3v) is 3.87. The first-order chi connectivity index (χ1) is 9.19. The van der Waals surface area contributed by atoms with Crippen LogP contribution in [0.3, 0.4) is 0 Å². The van der Waals surface area contributed by atoms with Gasteiger partial charge in [0.1, 0.15) is 0 Å². The van der Waals surface area contributed by atoms with Gasteiger partial charge in [-0.15, -0.1) is 0 Å². The molecule has 1 N–H and O–H groups in total. The summed E-state index contributed by atoms with van der Waals surface area (Å²) in [6.07, 6.45) is 4.43. The van der Waals surface area contributed by atoms with Gasteiger partial charge in [-0.3, -0.25) is 9.88 Å². The molecule has 0 aliphatic carbocycles. The summed E-state index contributed by atoms with van der Waals surface area (Å²) in [4.78, 5) is 9.34. The molecule has 0 amide bonds. The van der Waals surface area contributed by atoms with Gasteiger partial charge in [-0.25, -0.2) is 0 Å². The van der Waals surface area contributed by atoms with Gasteiger partial charge in [0.05, 0.1) is 5.69 Å². The first kappa shape index (κ1) is 14.3. The monoisotopic (exact) mass is 262 g/mol. The Balaban J connectivity index is 1.86. The lowest BCUT2D eigenvalue weighted by atomic mass is 10.0. The number of rotatable bonds is 5. The molecule has 0 spiro atoms. The number of aromatic nitrogens is 1. The van der Waals surface area contributed by atoms with Crippen molar-refractivity contribution >= 4 is 5.69 Å². The molecule has 2 heterocycles. The highest BCUT2D eigenvalue weighted by Crippen LogP contribution is 2.17. The molecule has 19 heavy (non-hydrogen) atoms. The van der Waals surface area contributed by atoms with E-state index in [1.54, 1.807) is 0 Å². The largest absolute Gasteiger partial charge is 0.385 e. The predicted octanol–water partition coefficient (Wildman–Crippen LogP) is 2.04. The van der Waals surface area contributed by atoms with Crippen LogP contribution in [-0.4, -0.2) is 54.6 Å². The van der Waals surface area contributed by atoms with Crippen LogP contribution in [0.2, 0.25) is 0 Å². The number of nitrogens with one attached hydrogen (secondary N) is 1. The number of nitrogens with zero attached hydrogens (tertiary/aromatic N) is 3. The standard InChI is InChI=1S/C15H26N4/c1-4-16-13-5-8-17-14(11-13)12-19-9-6-15(7-10-19)18(2)3/h5,8,11,15H,4,6-7,9-10,12H2,1-3H3,(H,16,17). The lowest BCUT2D eigenvalue weighted by Gasteiger charge is -2.35. The van der Waals surface area contributed by atoms with Crippen molar-refractivity contribution in [2.24, 2.45) is 0 Å². The van der Waals surface area contributed by atoms with E-state index in [1.165, 1.54) is 37.3 Å². The van der Waals surface area contributed by atoms with Crippen LogP contribution in [-0.2, 0) is 6.54 Å². The highest BCUT2D eigenvalue weighted by atomic mass is 15.2. The fourth-order valence-electron chi connectivity index (χ4n) is 2.70. The van der Waals surface area contributed by atoms with Gasteiger partial charge in [-0.1, -0.05) is 0 Å². The summed E-state index contributed by atoms with van der Waals surface area (Å²) < 4.78 is 0. The molecule has 1 fully saturated rings. The number of pyridine rings is 1. The summed E-state index contributed by atoms with van der Waals surface area (Å²) in [5.74, 6) is 0. The third-order valence-electron chi connectivity index (χ3n) is 3.87. The Morgan fingerprint density at radius 3 is 2.74 bits per heavy atom. The molecule has 4 nitrogen and oxygen atoms in total. The molecule has 1 aliphatic rings. The maximum absolute atomic E-state index is 4.48. The lowest BCUT2D eigenvalue weighted by molar-refractivity contribution is 0.139. The van der Waals surface area contributed by atoms with E-state index in [2.05, 4.69) is 47.2 Å². The van der Waals surface area contributed by atoms with Crippen LogP contribution in [0.15, 0.2) is 18.3 Å². The molecule has 106 valence electrons. The minimum Gasteiger partial charge on any atom is -0.385 e. The second kappa shape index (κ2) is 6.87. The molecule has 2 rings (SSSR count). The molecule has 1 aliphatic heterocycles. The maximum atomic E-state index is 4.48. The molecular weight excluding hydrogens is 236 g/mol. The number of anilines is 1. The van der Waals surface area contributed by atoms with Crippen LogP contribution in [0.4, 0.5) is 5.69 Å². The van der Waals surface area contributed by atoms with Crippen molar-refractivity contribution in [2.45, 2.75) is 32.4 Å². The van der Waals surface area contributed by atoms with Crippen molar-refractivity contribution in [3.05, 3.63) is 24.0 Å². The molecule has 0 atom stereocenters. The van der Waals surface area contributed by atoms with Crippen LogP contribution in [0, 0.1) is 0 Å². The highest BCUT2D eigenvalue weighted by molar-refractivity contribution is 5.42. The van der Waals surface area contributed by atoms with E-state index in [0.717, 1.165) is 19.1 Å². The van der Waals surface area contributed by atoms with E-state index in [4.69, 9.17) is 0 Å². The number of hydrogen-bond acceptors (Lipinski definition) is 4. The molecule has 4 heteroatoms. The van der Waals surface area contributed by atoms with Gasteiger partial charge in [-0.2, -0.15) is 0 Å². The first-order valence-corrected chi connectivity index (χ1v) is 7.26. The van der Waals surface area contributed by atoms with Gasteiger partial charge in [0, 0.05) is 44.1 Å². The van der Waals surface area contributed by atoms with E-state index in [9.17, 15) is 0 Å². The fourth-order valence-corrected chi connectivity index (χ4v) is 2.70. The first-order valence-electron chi connectivity index (χ1n) is 7.26. The summed E-state index contributed by atoms with van der Waals surface area (Å²) in [6, 6.07) is 4.95. The minimum atomic E-state index is 0.748. The summed E-state index contributed by atoms with van der Waals surface area (Å²) in [6.45, 7) is 6.40. The van der Waals surface area contributed by atoms with Crippen molar-refractivity contribution in [3.63, 3.8) is 0 Å². The fraction of sp³-hybridized carbons (Fsp3) is 0.667. The summed E-state index contributed by atoms with van der Waals surface area (Å²) in [7, 11) is 4.36. The van der Waals surface area contributed by atoms with Crippen molar-refractivity contribution in [3.8, 4) is 0 Å². The van der Waals surface area contributed by atoms with Gasteiger partial charge in [0.25, 0.3) is 0 Å². The topological polar surface area (TPSA) is 31.4 Å². The Kier molecular flexibility index (Phi) is 5.16. The Morgan fingerprint density at radius 1 is 1.37 bits per heavy atom. The zero-order chi connectivity index (χ0) is 13.7. The van der Waals surface area contributed by atoms with Crippen molar-refractivity contribution in [1.82, 2.24) is 14.8 Å². The molecule has 0 radical (unpaired) electrons. The van der Waals surface area contributed by atoms with Gasteiger partial charge >= 0.3 is 0 Å². The van der Waals surface area contributed by atoms with E-state index < -0.39 is 0 Å². The van der Waals surface area contributed by atoms with Gasteiger partial charge in [0.15, 0.2) is 0 Å². The highest BCUT2D eigenvalue weighted by Gasteiger charge is 2.20. The Bertz CT molecular complexity index is 383. The number of piperidine rings is 1. The van der Waals surface area contributed by atoms with Gasteiger partial charge in [0.2, 0.25) is 0 Å². The van der Waals surface area contributed by atoms with E-state index >= 15 is 0 Å². The summed E-state index contributed by atoms with van der Waals surface area (Å²) >= 11 is 0. The SMILES string of the molecule is CCNc1ccnc(CN2CCC(N(C)C)CC2)c1. The number of likely N-dealkylation sites (tertiary alicyclic amines) is 1. The van der Waals surface area contributed by atoms with Crippen LogP contribution < -0.4 is 5.32 Å². The van der Waals surface area contributed by atoms with Crippen LogP contribution in [0.25, 0.3) is 0 Å². The molecule has 1 aromatic heterocycles. The normalized spacial score (nSPS) is 17.9. The predicted molar refractivity (Wildman–Crippen MR) is 80.4 cm³/mol. The Morgan fingerprint density at radius 2 is 2.11 bits per heavy atom. The van der Waals surface area contributed by atoms with Gasteiger partial charge < -0.3 is 10.2 Å². The van der Waals surface area contributed by atoms with Crippen molar-refractivity contribution < 1.29 is 0 Å². The van der Waals surface area contributed by atoms with Crippen molar-refractivity contribution in [2.75, 3.05) is 39.0 Å². The molecular formula is C15H26N4. The van der Waals surface area contributed by atoms with Crippen LogP contribution in [0.1, 0.15) is 25.5 Å². The van der Waals surface area contributed by atoms with Crippen molar-refractivity contribution in [1.29, 1.82) is 0 Å². The molecule has 1 saturated heterocycles. The van der Waals surface area contributed by atoms with Gasteiger partial charge in [-0.05, 0) is 46.0 Å². The minimum absolute atomic E-state index is 0.748. The maximum Gasteiger partial charge on any atom is 0.0564 e. The smallest absolute Gasteiger partial charge is 0.0564 e. The van der Waals surface area contributed by atoms with E-state index in [0.29, 0.717) is 0 Å². The molecule has 0 bridgehead atoms. The lowest BCUT2D eigenvalue weighted by Crippen LogP contribution is -2.41. The van der Waals surface area contributed by atoms with Crippen LogP contribution in [0.5, 0.6) is 0 Å². The summed E-state index contributed by atoms with van der Waals surface area (Å²) in [5, 5.41) is 3.34. The Hall–Kier alpha value is -1.13. The zero-order valence-electron chi connectivity index (χ0n) is 12.4. The van der Waals surface area contributed by atoms with E-state index in [1.807, 2.05) is 12.3 Å². The average Bonchev–Trinajstić information content (AvgIpc) is 2.40. The quantitative estimate of drug-likeness (QED) is 0.880. The second-order valence-electron chi connectivity index (χ2n) is 5.54. The van der Waals surface area contributed by atoms with E-state index in [-0.39, 0.29) is 0 Å². The Labute approximate surface area is 116 Å². The molecule has 0 unspecified atom stereocenters. The average molecular weight is 262 g/mol. The molecule has 0 aromatic carbocycles. The third kappa shape index (κ3) is 4.18. The zero-order valence-corrected chi connectivity index (χ0v) is 12.4. The molecule has 0 saturated carbocycles. The number of hydrogen-bond donors (Lipinski definition) is 1. The second-order valence-corrected chi connectivity index (χ2v) is 5.54. The molecule has 1 aromatic rings.